The molecule has 0 saturated heterocycles. The van der Waals surface area contributed by atoms with Gasteiger partial charge in [0.1, 0.15) is 0 Å². The van der Waals surface area contributed by atoms with E-state index in [2.05, 4.69) is 13.8 Å². The summed E-state index contributed by atoms with van der Waals surface area (Å²) in [5.74, 6) is 1.26. The van der Waals surface area contributed by atoms with Gasteiger partial charge >= 0.3 is 0 Å². The van der Waals surface area contributed by atoms with Gasteiger partial charge in [0.2, 0.25) is 0 Å². The number of rotatable bonds is 0. The molecule has 0 aromatic rings. The first-order valence-electron chi connectivity index (χ1n) is 3.90. The first-order valence-corrected chi connectivity index (χ1v) is 3.90. The number of hydrogen-bond acceptors (Lipinski definition) is 1. The van der Waals surface area contributed by atoms with Crippen LogP contribution in [0, 0.1) is 11.8 Å². The summed E-state index contributed by atoms with van der Waals surface area (Å²) in [6.07, 6.45) is 3.52. The number of aliphatic hydroxyl groups excluding tert-OH is 1. The van der Waals surface area contributed by atoms with Crippen molar-refractivity contribution in [3.63, 3.8) is 0 Å². The van der Waals surface area contributed by atoms with Gasteiger partial charge in [-0.1, -0.05) is 26.7 Å². The molecular formula is C8H16O. The predicted molar refractivity (Wildman–Crippen MR) is 38.2 cm³/mol. The first kappa shape index (κ1) is 7.07. The minimum atomic E-state index is -0.0197. The second-order valence-electron chi connectivity index (χ2n) is 3.33. The van der Waals surface area contributed by atoms with Gasteiger partial charge in [-0.25, -0.2) is 0 Å². The molecule has 1 saturated carbocycles. The average molecular weight is 128 g/mol. The molecule has 1 N–H and O–H groups in total. The quantitative estimate of drug-likeness (QED) is 0.527. The van der Waals surface area contributed by atoms with Gasteiger partial charge in [-0.2, -0.15) is 0 Å². The maximum absolute atomic E-state index is 9.35. The minimum Gasteiger partial charge on any atom is -0.393 e. The van der Waals surface area contributed by atoms with Crippen molar-refractivity contribution >= 4 is 0 Å². The molecule has 0 radical (unpaired) electrons. The molecule has 1 unspecified atom stereocenters. The van der Waals surface area contributed by atoms with Gasteiger partial charge < -0.3 is 5.11 Å². The molecule has 1 heteroatoms. The van der Waals surface area contributed by atoms with Crippen LogP contribution >= 0.6 is 0 Å². The Kier molecular flexibility index (Phi) is 2.12. The topological polar surface area (TPSA) is 20.2 Å². The van der Waals surface area contributed by atoms with Gasteiger partial charge in [0, 0.05) is 0 Å². The minimum absolute atomic E-state index is 0.0197. The zero-order valence-electron chi connectivity index (χ0n) is 6.30. The second kappa shape index (κ2) is 2.70. The van der Waals surface area contributed by atoms with Crippen molar-refractivity contribution in [1.29, 1.82) is 0 Å². The van der Waals surface area contributed by atoms with Crippen LogP contribution in [0.4, 0.5) is 0 Å². The van der Waals surface area contributed by atoms with E-state index in [0.717, 1.165) is 12.3 Å². The Hall–Kier alpha value is -0.0400. The molecule has 54 valence electrons. The molecule has 0 amide bonds. The lowest BCUT2D eigenvalue weighted by atomic mass is 9.80. The molecule has 0 aromatic heterocycles. The number of hydrogen-bond donors (Lipinski definition) is 1. The molecule has 0 spiro atoms. The summed E-state index contributed by atoms with van der Waals surface area (Å²) < 4.78 is 0. The van der Waals surface area contributed by atoms with Gasteiger partial charge in [0.05, 0.1) is 6.10 Å². The van der Waals surface area contributed by atoms with Crippen LogP contribution in [0.5, 0.6) is 0 Å². The lowest BCUT2D eigenvalue weighted by Crippen LogP contribution is -2.28. The van der Waals surface area contributed by atoms with E-state index in [1.54, 1.807) is 0 Å². The summed E-state index contributed by atoms with van der Waals surface area (Å²) in [6, 6.07) is 0. The highest BCUT2D eigenvalue weighted by molar-refractivity contribution is 4.75. The largest absolute Gasteiger partial charge is 0.393 e. The summed E-state index contributed by atoms with van der Waals surface area (Å²) in [5.41, 5.74) is 0. The molecule has 9 heavy (non-hydrogen) atoms. The molecule has 0 aromatic carbocycles. The molecule has 1 fully saturated rings. The molecule has 0 aliphatic heterocycles. The summed E-state index contributed by atoms with van der Waals surface area (Å²) in [6.45, 7) is 4.38. The third-order valence-corrected chi connectivity index (χ3v) is 2.66. The SMILES string of the molecule is C[C@@H]1CCCC(O)[C@H]1C. The Balaban J connectivity index is 2.41. The van der Waals surface area contributed by atoms with Crippen molar-refractivity contribution < 1.29 is 5.11 Å². The predicted octanol–water partition coefficient (Wildman–Crippen LogP) is 1.80. The molecule has 1 aliphatic rings. The Labute approximate surface area is 57.1 Å². The van der Waals surface area contributed by atoms with Crippen molar-refractivity contribution in [2.24, 2.45) is 11.8 Å². The zero-order valence-corrected chi connectivity index (χ0v) is 6.30. The highest BCUT2D eigenvalue weighted by Crippen LogP contribution is 2.28. The van der Waals surface area contributed by atoms with E-state index in [4.69, 9.17) is 0 Å². The van der Waals surface area contributed by atoms with Gasteiger partial charge in [-0.15, -0.1) is 0 Å². The molecule has 0 heterocycles. The van der Waals surface area contributed by atoms with E-state index < -0.39 is 0 Å². The van der Waals surface area contributed by atoms with Gasteiger partial charge in [-0.3, -0.25) is 0 Å². The van der Waals surface area contributed by atoms with Crippen LogP contribution in [0.15, 0.2) is 0 Å². The standard InChI is InChI=1S/C8H16O/c1-6-4-3-5-8(9)7(6)2/h6-9H,3-5H2,1-2H3/t6-,7+,8?/m1/s1. The lowest BCUT2D eigenvalue weighted by Gasteiger charge is -2.30. The van der Waals surface area contributed by atoms with Crippen LogP contribution in [0.2, 0.25) is 0 Å². The van der Waals surface area contributed by atoms with Gasteiger partial charge in [-0.05, 0) is 18.3 Å². The summed E-state index contributed by atoms with van der Waals surface area (Å²) in [7, 11) is 0. The highest BCUT2D eigenvalue weighted by Gasteiger charge is 2.24. The smallest absolute Gasteiger partial charge is 0.0568 e. The van der Waals surface area contributed by atoms with Gasteiger partial charge in [0.25, 0.3) is 0 Å². The van der Waals surface area contributed by atoms with E-state index in [1.807, 2.05) is 0 Å². The van der Waals surface area contributed by atoms with E-state index in [-0.39, 0.29) is 6.10 Å². The van der Waals surface area contributed by atoms with Crippen LogP contribution in [0.25, 0.3) is 0 Å². The van der Waals surface area contributed by atoms with Crippen molar-refractivity contribution in [2.75, 3.05) is 0 Å². The third kappa shape index (κ3) is 1.45. The average Bonchev–Trinajstić information content (AvgIpc) is 1.83. The van der Waals surface area contributed by atoms with E-state index in [9.17, 15) is 5.11 Å². The lowest BCUT2D eigenvalue weighted by molar-refractivity contribution is 0.0486. The molecule has 1 aliphatic carbocycles. The summed E-state index contributed by atoms with van der Waals surface area (Å²) >= 11 is 0. The summed E-state index contributed by atoms with van der Waals surface area (Å²) in [4.78, 5) is 0. The Morgan fingerprint density at radius 1 is 1.22 bits per heavy atom. The third-order valence-electron chi connectivity index (χ3n) is 2.66. The number of aliphatic hydroxyl groups is 1. The van der Waals surface area contributed by atoms with Crippen LogP contribution in [0.3, 0.4) is 0 Å². The Morgan fingerprint density at radius 3 is 2.33 bits per heavy atom. The van der Waals surface area contributed by atoms with Crippen LogP contribution in [0.1, 0.15) is 33.1 Å². The van der Waals surface area contributed by atoms with Crippen LogP contribution < -0.4 is 0 Å². The molecule has 3 atom stereocenters. The van der Waals surface area contributed by atoms with Crippen molar-refractivity contribution in [3.05, 3.63) is 0 Å². The van der Waals surface area contributed by atoms with Crippen molar-refractivity contribution in [1.82, 2.24) is 0 Å². The zero-order chi connectivity index (χ0) is 6.85. The van der Waals surface area contributed by atoms with Crippen LogP contribution in [-0.4, -0.2) is 11.2 Å². The van der Waals surface area contributed by atoms with Crippen molar-refractivity contribution in [2.45, 2.75) is 39.2 Å². The normalized spacial score (nSPS) is 45.0. The Morgan fingerprint density at radius 2 is 1.89 bits per heavy atom. The molecule has 1 nitrogen and oxygen atoms in total. The maximum atomic E-state index is 9.35. The van der Waals surface area contributed by atoms with Crippen molar-refractivity contribution in [3.8, 4) is 0 Å². The first-order chi connectivity index (χ1) is 4.22. The fourth-order valence-corrected chi connectivity index (χ4v) is 1.55. The maximum Gasteiger partial charge on any atom is 0.0568 e. The Bertz CT molecular complexity index is 80.6. The summed E-state index contributed by atoms with van der Waals surface area (Å²) in [5, 5.41) is 9.35. The monoisotopic (exact) mass is 128 g/mol. The molecular weight excluding hydrogens is 112 g/mol. The highest BCUT2D eigenvalue weighted by atomic mass is 16.3. The fraction of sp³-hybridized carbons (Fsp3) is 1.00. The fourth-order valence-electron chi connectivity index (χ4n) is 1.55. The molecule has 0 bridgehead atoms. The second-order valence-corrected chi connectivity index (χ2v) is 3.33. The van der Waals surface area contributed by atoms with Gasteiger partial charge in [0.15, 0.2) is 0 Å². The van der Waals surface area contributed by atoms with Crippen LogP contribution in [-0.2, 0) is 0 Å². The van der Waals surface area contributed by atoms with E-state index in [0.29, 0.717) is 5.92 Å². The molecule has 1 rings (SSSR count). The van der Waals surface area contributed by atoms with E-state index in [1.165, 1.54) is 12.8 Å². The van der Waals surface area contributed by atoms with E-state index >= 15 is 0 Å².